The average molecular weight is 459 g/mol. The summed E-state index contributed by atoms with van der Waals surface area (Å²) in [6.07, 6.45) is 6.77. The molecule has 2 aliphatic rings. The molecule has 5 rings (SSSR count). The third kappa shape index (κ3) is 2.78. The van der Waals surface area contributed by atoms with Crippen molar-refractivity contribution in [1.29, 1.82) is 0 Å². The van der Waals surface area contributed by atoms with E-state index in [0.29, 0.717) is 22.5 Å². The number of nitrogens with zero attached hydrogens (tertiary/aromatic N) is 2. The van der Waals surface area contributed by atoms with E-state index in [-0.39, 0.29) is 22.7 Å². The first-order chi connectivity index (χ1) is 16.1. The first-order valence-electron chi connectivity index (χ1n) is 11.1. The van der Waals surface area contributed by atoms with Crippen molar-refractivity contribution in [3.8, 4) is 0 Å². The van der Waals surface area contributed by atoms with E-state index in [9.17, 15) is 14.7 Å². The zero-order valence-electron chi connectivity index (χ0n) is 19.4. The molecule has 174 valence electrons. The monoisotopic (exact) mass is 458 g/mol. The minimum absolute atomic E-state index is 0.151. The van der Waals surface area contributed by atoms with E-state index in [1.807, 2.05) is 20.8 Å². The van der Waals surface area contributed by atoms with Crippen LogP contribution in [0, 0.1) is 5.92 Å². The van der Waals surface area contributed by atoms with Gasteiger partial charge in [0.2, 0.25) is 5.78 Å². The molecule has 4 N–H and O–H groups in total. The molecule has 3 aromatic rings. The quantitative estimate of drug-likeness (QED) is 0.516. The SMILES string of the molecule is CC1=C(/C=C(\C)C(C)C)OC2(O)c3cccc(N)c3C(=O)C12NC(=O)c1ccc2nccn2c1. The Kier molecular flexibility index (Phi) is 4.70. The maximum atomic E-state index is 13.9. The molecule has 0 saturated heterocycles. The number of Topliss-reactive ketones (excluding diaryl/α,β-unsaturated/α-hetero) is 1. The number of hydrogen-bond acceptors (Lipinski definition) is 6. The maximum absolute atomic E-state index is 13.9. The highest BCUT2D eigenvalue weighted by molar-refractivity contribution is 6.17. The Labute approximate surface area is 196 Å². The van der Waals surface area contributed by atoms with Crippen LogP contribution in [0.2, 0.25) is 0 Å². The van der Waals surface area contributed by atoms with Crippen molar-refractivity contribution in [2.24, 2.45) is 5.92 Å². The zero-order chi connectivity index (χ0) is 24.4. The van der Waals surface area contributed by atoms with E-state index < -0.39 is 23.0 Å². The van der Waals surface area contributed by atoms with Crippen LogP contribution in [0.3, 0.4) is 0 Å². The molecule has 2 unspecified atom stereocenters. The third-order valence-corrected chi connectivity index (χ3v) is 6.95. The lowest BCUT2D eigenvalue weighted by atomic mass is 9.82. The normalized spacial score (nSPS) is 23.9. The minimum atomic E-state index is -2.14. The Hall–Kier alpha value is -3.91. The molecular weight excluding hydrogens is 432 g/mol. The number of ketones is 1. The van der Waals surface area contributed by atoms with Crippen LogP contribution in [0.4, 0.5) is 5.69 Å². The number of hydrogen-bond donors (Lipinski definition) is 3. The second-order valence-corrected chi connectivity index (χ2v) is 9.19. The van der Waals surface area contributed by atoms with Gasteiger partial charge in [0.15, 0.2) is 5.54 Å². The standard InChI is InChI=1S/C26H26N4O4/c1-14(2)15(3)12-20-16(4)25(29-24(32)17-8-9-21-28-10-11-30(21)13-17)23(31)22-18(26(25,33)34-20)6-5-7-19(22)27/h5-14,33H,27H2,1-4H3,(H,29,32)/b15-12+. The molecule has 34 heavy (non-hydrogen) atoms. The number of nitrogens with one attached hydrogen (secondary N) is 1. The number of amides is 1. The van der Waals surface area contributed by atoms with E-state index in [1.165, 1.54) is 0 Å². The van der Waals surface area contributed by atoms with Gasteiger partial charge in [-0.1, -0.05) is 31.6 Å². The molecule has 1 amide bonds. The summed E-state index contributed by atoms with van der Waals surface area (Å²) in [5.74, 6) is -2.62. The summed E-state index contributed by atoms with van der Waals surface area (Å²) < 4.78 is 7.81. The summed E-state index contributed by atoms with van der Waals surface area (Å²) in [5, 5.41) is 14.8. The van der Waals surface area contributed by atoms with Crippen molar-refractivity contribution < 1.29 is 19.4 Å². The second kappa shape index (κ2) is 7.30. The first-order valence-corrected chi connectivity index (χ1v) is 11.1. The van der Waals surface area contributed by atoms with Crippen molar-refractivity contribution in [1.82, 2.24) is 14.7 Å². The second-order valence-electron chi connectivity index (χ2n) is 9.19. The Morgan fingerprint density at radius 3 is 2.79 bits per heavy atom. The number of ether oxygens (including phenoxy) is 1. The number of rotatable bonds is 4. The van der Waals surface area contributed by atoms with Gasteiger partial charge in [-0.05, 0) is 44.0 Å². The number of imidazole rings is 1. The van der Waals surface area contributed by atoms with Crippen molar-refractivity contribution in [3.05, 3.63) is 88.6 Å². The third-order valence-electron chi connectivity index (χ3n) is 6.95. The number of pyridine rings is 1. The van der Waals surface area contributed by atoms with E-state index in [4.69, 9.17) is 10.5 Å². The number of nitrogen functional groups attached to an aromatic ring is 1. The predicted octanol–water partition coefficient (Wildman–Crippen LogP) is 3.33. The van der Waals surface area contributed by atoms with Crippen LogP contribution in [0.15, 0.2) is 71.9 Å². The van der Waals surface area contributed by atoms with E-state index >= 15 is 0 Å². The highest BCUT2D eigenvalue weighted by atomic mass is 16.6. The first kappa shape index (κ1) is 21.9. The Bertz CT molecular complexity index is 1430. The number of allylic oxidation sites excluding steroid dienone is 2. The number of benzene rings is 1. The smallest absolute Gasteiger partial charge is 0.270 e. The van der Waals surface area contributed by atoms with Gasteiger partial charge in [-0.3, -0.25) is 9.59 Å². The molecule has 0 bridgehead atoms. The molecule has 1 aromatic carbocycles. The summed E-state index contributed by atoms with van der Waals surface area (Å²) in [5.41, 5.74) is 7.26. The van der Waals surface area contributed by atoms with Crippen LogP contribution in [0.25, 0.3) is 5.65 Å². The lowest BCUT2D eigenvalue weighted by molar-refractivity contribution is -0.191. The summed E-state index contributed by atoms with van der Waals surface area (Å²) in [6.45, 7) is 7.72. The fourth-order valence-corrected chi connectivity index (χ4v) is 4.67. The van der Waals surface area contributed by atoms with E-state index in [0.717, 1.165) is 5.57 Å². The van der Waals surface area contributed by atoms with Crippen LogP contribution in [0.1, 0.15) is 54.0 Å². The number of anilines is 1. The molecule has 2 aromatic heterocycles. The maximum Gasteiger partial charge on any atom is 0.270 e. The zero-order valence-corrected chi connectivity index (χ0v) is 19.4. The van der Waals surface area contributed by atoms with Crippen LogP contribution in [-0.2, 0) is 10.5 Å². The molecule has 0 spiro atoms. The Morgan fingerprint density at radius 1 is 1.29 bits per heavy atom. The summed E-state index contributed by atoms with van der Waals surface area (Å²) >= 11 is 0. The van der Waals surface area contributed by atoms with Gasteiger partial charge in [0.25, 0.3) is 11.7 Å². The lowest BCUT2D eigenvalue weighted by Crippen LogP contribution is -2.62. The Balaban J connectivity index is 1.68. The number of aromatic nitrogens is 2. The van der Waals surface area contributed by atoms with E-state index in [1.54, 1.807) is 66.3 Å². The van der Waals surface area contributed by atoms with Gasteiger partial charge in [0.1, 0.15) is 11.4 Å². The highest BCUT2D eigenvalue weighted by Crippen LogP contribution is 2.56. The van der Waals surface area contributed by atoms with Gasteiger partial charge in [-0.2, -0.15) is 0 Å². The molecule has 0 fully saturated rings. The molecule has 2 atom stereocenters. The number of nitrogens with two attached hydrogens (primary N) is 1. The fraction of sp³-hybridized carbons (Fsp3) is 0.269. The van der Waals surface area contributed by atoms with Gasteiger partial charge in [-0.25, -0.2) is 4.98 Å². The highest BCUT2D eigenvalue weighted by Gasteiger charge is 2.71. The molecule has 1 aliphatic carbocycles. The summed E-state index contributed by atoms with van der Waals surface area (Å²) in [7, 11) is 0. The predicted molar refractivity (Wildman–Crippen MR) is 127 cm³/mol. The van der Waals surface area contributed by atoms with Crippen LogP contribution in [-0.4, -0.2) is 31.7 Å². The largest absolute Gasteiger partial charge is 0.455 e. The molecule has 8 heteroatoms. The van der Waals surface area contributed by atoms with Crippen molar-refractivity contribution >= 4 is 23.0 Å². The molecule has 8 nitrogen and oxygen atoms in total. The van der Waals surface area contributed by atoms with Crippen molar-refractivity contribution in [2.75, 3.05) is 5.73 Å². The van der Waals surface area contributed by atoms with Crippen LogP contribution < -0.4 is 11.1 Å². The molecule has 0 radical (unpaired) electrons. The van der Waals surface area contributed by atoms with Crippen LogP contribution >= 0.6 is 0 Å². The molecule has 0 saturated carbocycles. The van der Waals surface area contributed by atoms with Crippen molar-refractivity contribution in [2.45, 2.75) is 39.0 Å². The minimum Gasteiger partial charge on any atom is -0.455 e. The van der Waals surface area contributed by atoms with Gasteiger partial charge in [-0.15, -0.1) is 0 Å². The van der Waals surface area contributed by atoms with Crippen LogP contribution in [0.5, 0.6) is 0 Å². The van der Waals surface area contributed by atoms with Gasteiger partial charge >= 0.3 is 0 Å². The molecule has 1 aliphatic heterocycles. The van der Waals surface area contributed by atoms with Crippen molar-refractivity contribution in [3.63, 3.8) is 0 Å². The van der Waals surface area contributed by atoms with E-state index in [2.05, 4.69) is 10.3 Å². The van der Waals surface area contributed by atoms with Gasteiger partial charge < -0.3 is 25.3 Å². The number of fused-ring (bicyclic) bond motifs is 4. The topological polar surface area (TPSA) is 119 Å². The number of aliphatic hydroxyl groups is 1. The van der Waals surface area contributed by atoms with Gasteiger partial charge in [0.05, 0.1) is 11.1 Å². The fourth-order valence-electron chi connectivity index (χ4n) is 4.67. The average Bonchev–Trinajstić information content (AvgIpc) is 3.40. The lowest BCUT2D eigenvalue weighted by Gasteiger charge is -2.35. The summed E-state index contributed by atoms with van der Waals surface area (Å²) in [4.78, 5) is 31.6. The number of carbonyl (C=O) groups excluding carboxylic acids is 2. The summed E-state index contributed by atoms with van der Waals surface area (Å²) in [6, 6.07) is 8.16. The van der Waals surface area contributed by atoms with Gasteiger partial charge in [0, 0.05) is 35.4 Å². The Morgan fingerprint density at radius 2 is 2.06 bits per heavy atom. The molecule has 3 heterocycles. The molecular formula is C26H26N4O4. The number of carbonyl (C=O) groups is 2.